The van der Waals surface area contributed by atoms with Gasteiger partial charge in [-0.05, 0) is 37.1 Å². The van der Waals surface area contributed by atoms with Crippen molar-refractivity contribution >= 4 is 35.5 Å². The summed E-state index contributed by atoms with van der Waals surface area (Å²) in [6.07, 6.45) is 0. The first kappa shape index (κ1) is 23.6. The van der Waals surface area contributed by atoms with E-state index in [0.29, 0.717) is 16.9 Å². The lowest BCUT2D eigenvalue weighted by molar-refractivity contribution is -0.153. The number of aromatic hydroxyl groups is 1. The molecule has 32 heavy (non-hydrogen) atoms. The Bertz CT molecular complexity index is 992. The summed E-state index contributed by atoms with van der Waals surface area (Å²) < 4.78 is 10.1. The molecule has 2 aliphatic heterocycles. The van der Waals surface area contributed by atoms with Crippen molar-refractivity contribution in [3.63, 3.8) is 0 Å². The predicted molar refractivity (Wildman–Crippen MR) is 114 cm³/mol. The number of phenolic OH excluding ortho intramolecular Hbond substituents is 1. The van der Waals surface area contributed by atoms with Gasteiger partial charge in [-0.2, -0.15) is 0 Å². The number of carboxylic acids is 1. The molecule has 3 atom stereocenters. The molecule has 0 saturated carbocycles. The molecule has 1 aromatic carbocycles. The number of carboxylic acid groups (broad SMARTS) is 1. The number of hydrogen-bond donors (Lipinski definition) is 3. The van der Waals surface area contributed by atoms with E-state index in [0.717, 1.165) is 4.90 Å². The van der Waals surface area contributed by atoms with Gasteiger partial charge in [0, 0.05) is 18.4 Å². The molecule has 1 saturated heterocycles. The lowest BCUT2D eigenvalue weighted by atomic mass is 9.94. The van der Waals surface area contributed by atoms with Gasteiger partial charge in [0.05, 0.1) is 13.2 Å². The summed E-state index contributed by atoms with van der Waals surface area (Å²) in [5.41, 5.74) is 1.14. The van der Waals surface area contributed by atoms with Crippen LogP contribution < -0.4 is 5.32 Å². The first-order valence-corrected chi connectivity index (χ1v) is 10.9. The summed E-state index contributed by atoms with van der Waals surface area (Å²) >= 11 is 1.34. The van der Waals surface area contributed by atoms with Gasteiger partial charge in [0.1, 0.15) is 22.9 Å². The second-order valence-electron chi connectivity index (χ2n) is 7.34. The molecule has 3 N–H and O–H groups in total. The van der Waals surface area contributed by atoms with E-state index in [4.69, 9.17) is 9.47 Å². The van der Waals surface area contributed by atoms with Crippen LogP contribution in [0.25, 0.3) is 0 Å². The smallest absolute Gasteiger partial charge is 0.352 e. The van der Waals surface area contributed by atoms with Crippen LogP contribution in [0.3, 0.4) is 0 Å². The van der Waals surface area contributed by atoms with Gasteiger partial charge < -0.3 is 25.0 Å². The molecular formula is C21H24N2O8S. The van der Waals surface area contributed by atoms with E-state index in [1.807, 2.05) is 0 Å². The second kappa shape index (κ2) is 9.61. The highest BCUT2D eigenvalue weighted by atomic mass is 32.2. The second-order valence-corrected chi connectivity index (χ2v) is 8.44. The first-order chi connectivity index (χ1) is 15.2. The van der Waals surface area contributed by atoms with E-state index in [1.165, 1.54) is 37.1 Å². The summed E-state index contributed by atoms with van der Waals surface area (Å²) in [4.78, 5) is 51.1. The number of thioether (sulfide) groups is 1. The number of benzene rings is 1. The van der Waals surface area contributed by atoms with Gasteiger partial charge >= 0.3 is 11.9 Å². The number of methoxy groups -OCH3 is 1. The molecule has 11 heteroatoms. The molecule has 172 valence electrons. The Labute approximate surface area is 188 Å². The van der Waals surface area contributed by atoms with Crippen molar-refractivity contribution in [3.8, 4) is 5.75 Å². The minimum absolute atomic E-state index is 0.0479. The molecule has 1 fully saturated rings. The third-order valence-corrected chi connectivity index (χ3v) is 6.60. The van der Waals surface area contributed by atoms with Crippen LogP contribution in [0.4, 0.5) is 0 Å². The molecule has 0 spiro atoms. The topological polar surface area (TPSA) is 142 Å². The number of esters is 1. The van der Waals surface area contributed by atoms with E-state index >= 15 is 0 Å². The molecule has 0 radical (unpaired) electrons. The van der Waals surface area contributed by atoms with Crippen molar-refractivity contribution in [2.24, 2.45) is 0 Å². The van der Waals surface area contributed by atoms with Gasteiger partial charge in [-0.1, -0.05) is 6.07 Å². The number of nitrogens with zero attached hydrogens (tertiary/aromatic N) is 1. The molecular weight excluding hydrogens is 440 g/mol. The van der Waals surface area contributed by atoms with Crippen LogP contribution in [-0.4, -0.2) is 69.8 Å². The Balaban J connectivity index is 1.85. The van der Waals surface area contributed by atoms with Crippen LogP contribution in [0.1, 0.15) is 30.9 Å². The number of rotatable bonds is 8. The maximum atomic E-state index is 13.1. The Hall–Kier alpha value is -3.05. The molecule has 0 aromatic heterocycles. The fraction of sp³-hybridized carbons (Fsp3) is 0.429. The van der Waals surface area contributed by atoms with Gasteiger partial charge in [0.2, 0.25) is 5.91 Å². The van der Waals surface area contributed by atoms with Crippen LogP contribution in [0.2, 0.25) is 0 Å². The zero-order chi connectivity index (χ0) is 23.6. The third-order valence-electron chi connectivity index (χ3n) is 5.18. The highest BCUT2D eigenvalue weighted by Gasteiger charge is 2.54. The predicted octanol–water partition coefficient (Wildman–Crippen LogP) is 0.944. The van der Waals surface area contributed by atoms with Crippen molar-refractivity contribution < 1.29 is 38.9 Å². The van der Waals surface area contributed by atoms with Gasteiger partial charge in [-0.15, -0.1) is 11.8 Å². The number of nitrogens with one attached hydrogen (secondary N) is 1. The molecule has 3 unspecified atom stereocenters. The van der Waals surface area contributed by atoms with Gasteiger partial charge in [0.15, 0.2) is 5.92 Å². The summed E-state index contributed by atoms with van der Waals surface area (Å²) in [6, 6.07) is 3.28. The number of fused-ring (bicyclic) bond motifs is 1. The van der Waals surface area contributed by atoms with Crippen LogP contribution >= 0.6 is 11.8 Å². The molecule has 10 nitrogen and oxygen atoms in total. The molecule has 3 rings (SSSR count). The zero-order valence-corrected chi connectivity index (χ0v) is 18.6. The average Bonchev–Trinajstić information content (AvgIpc) is 2.74. The maximum Gasteiger partial charge on any atom is 0.352 e. The van der Waals surface area contributed by atoms with Crippen LogP contribution in [-0.2, 0) is 35.3 Å². The number of hydrogen-bond acceptors (Lipinski definition) is 8. The normalized spacial score (nSPS) is 20.8. The molecule has 2 amide bonds. The van der Waals surface area contributed by atoms with E-state index < -0.39 is 41.1 Å². The van der Waals surface area contributed by atoms with Gasteiger partial charge in [-0.25, -0.2) is 4.79 Å². The Morgan fingerprint density at radius 2 is 2.06 bits per heavy atom. The fourth-order valence-corrected chi connectivity index (χ4v) is 4.98. The molecule has 2 aliphatic rings. The van der Waals surface area contributed by atoms with Crippen molar-refractivity contribution in [3.05, 3.63) is 40.6 Å². The van der Waals surface area contributed by atoms with E-state index in [9.17, 15) is 29.4 Å². The van der Waals surface area contributed by atoms with Crippen molar-refractivity contribution in [1.29, 1.82) is 0 Å². The largest absolute Gasteiger partial charge is 0.508 e. The monoisotopic (exact) mass is 464 g/mol. The average molecular weight is 464 g/mol. The highest BCUT2D eigenvalue weighted by molar-refractivity contribution is 8.00. The van der Waals surface area contributed by atoms with E-state index in [-0.39, 0.29) is 30.2 Å². The summed E-state index contributed by atoms with van der Waals surface area (Å²) in [6.45, 7) is 3.36. The number of ether oxygens (including phenoxy) is 2. The lowest BCUT2D eigenvalue weighted by Gasteiger charge is -2.49. The number of amides is 2. The minimum Gasteiger partial charge on any atom is -0.508 e. The summed E-state index contributed by atoms with van der Waals surface area (Å²) in [7, 11) is 1.44. The number of carbonyl (C=O) groups excluding carboxylic acids is 3. The van der Waals surface area contributed by atoms with Gasteiger partial charge in [0.25, 0.3) is 5.91 Å². The maximum absolute atomic E-state index is 13.1. The molecule has 0 aliphatic carbocycles. The summed E-state index contributed by atoms with van der Waals surface area (Å²) in [5.74, 6) is -4.34. The number of aliphatic carboxylic acids is 1. The standard InChI is InChI=1S/C21H24N2O8S/c1-4-31-21(29)14(11-5-6-13(24)12(7-11)8-30-3)17(25)22-15-18(26)23-16(20(27)28)10(2)9-32-19(15)23/h5-7,14-15,19,24H,4,8-9H2,1-3H3,(H,22,25)(H,27,28). The van der Waals surface area contributed by atoms with E-state index in [2.05, 4.69) is 5.32 Å². The molecule has 0 bridgehead atoms. The Kier molecular flexibility index (Phi) is 7.09. The van der Waals surface area contributed by atoms with Crippen LogP contribution in [0.5, 0.6) is 5.75 Å². The van der Waals surface area contributed by atoms with Crippen molar-refractivity contribution in [2.45, 2.75) is 37.8 Å². The Morgan fingerprint density at radius 3 is 2.69 bits per heavy atom. The SMILES string of the molecule is CCOC(=O)C(C(=O)NC1C(=O)N2C(C(=O)O)=C(C)CSC12)c1ccc(O)c(COC)c1. The molecule has 2 heterocycles. The minimum atomic E-state index is -1.38. The van der Waals surface area contributed by atoms with E-state index in [1.54, 1.807) is 13.8 Å². The number of β-lactam (4-membered cyclic amide) rings is 1. The highest BCUT2D eigenvalue weighted by Crippen LogP contribution is 2.40. The number of phenols is 1. The van der Waals surface area contributed by atoms with Crippen LogP contribution in [0, 0.1) is 0 Å². The van der Waals surface area contributed by atoms with Crippen molar-refractivity contribution in [2.75, 3.05) is 19.5 Å². The number of carbonyl (C=O) groups is 4. The van der Waals surface area contributed by atoms with Crippen LogP contribution in [0.15, 0.2) is 29.5 Å². The third kappa shape index (κ3) is 4.30. The molecule has 1 aromatic rings. The fourth-order valence-electron chi connectivity index (χ4n) is 3.69. The zero-order valence-electron chi connectivity index (χ0n) is 17.8. The Morgan fingerprint density at radius 1 is 1.34 bits per heavy atom. The summed E-state index contributed by atoms with van der Waals surface area (Å²) in [5, 5.41) is 21.4. The van der Waals surface area contributed by atoms with Gasteiger partial charge in [-0.3, -0.25) is 19.3 Å². The quantitative estimate of drug-likeness (QED) is 0.291. The van der Waals surface area contributed by atoms with Crippen molar-refractivity contribution in [1.82, 2.24) is 10.2 Å². The lowest BCUT2D eigenvalue weighted by Crippen LogP contribution is -2.71. The first-order valence-electron chi connectivity index (χ1n) is 9.86.